The largest absolute Gasteiger partial charge is 0.260 e. The molecule has 0 aromatic rings. The summed E-state index contributed by atoms with van der Waals surface area (Å²) in [5.74, 6) is 2.25. The molecule has 0 spiro atoms. The van der Waals surface area contributed by atoms with Gasteiger partial charge in [0.05, 0.1) is 0 Å². The van der Waals surface area contributed by atoms with E-state index in [-0.39, 0.29) is 5.31 Å². The molecular weight excluding hydrogens is 133 g/mol. The molecule has 0 aromatic carbocycles. The molecule has 1 saturated carbocycles. The highest BCUT2D eigenvalue weighted by Crippen LogP contribution is 2.59. The first kappa shape index (κ1) is 8.39. The van der Waals surface area contributed by atoms with Gasteiger partial charge in [0, 0.05) is 0 Å². The predicted octanol–water partition coefficient (Wildman–Crippen LogP) is 2.21. The molecule has 0 radical (unpaired) electrons. The molecule has 0 heterocycles. The van der Waals surface area contributed by atoms with E-state index in [4.69, 9.17) is 5.26 Å². The first-order valence-corrected chi connectivity index (χ1v) is 4.30. The molecule has 1 aliphatic rings. The fourth-order valence-corrected chi connectivity index (χ4v) is 1.52. The molecule has 0 amide bonds. The number of hydrogen-bond acceptors (Lipinski definition) is 1. The van der Waals surface area contributed by atoms with E-state index in [0.717, 1.165) is 12.8 Å². The Balaban J connectivity index is 2.46. The van der Waals surface area contributed by atoms with Crippen molar-refractivity contribution in [1.29, 1.82) is 5.26 Å². The van der Waals surface area contributed by atoms with Crippen molar-refractivity contribution in [3.8, 4) is 5.97 Å². The molecule has 0 unspecified atom stereocenters. The minimum atomic E-state index is 0.255. The van der Waals surface area contributed by atoms with E-state index in [1.807, 2.05) is 0 Å². The van der Waals surface area contributed by atoms with Crippen LogP contribution in [0.5, 0.6) is 0 Å². The van der Waals surface area contributed by atoms with Gasteiger partial charge in [0.25, 0.3) is 7.28 Å². The fraction of sp³-hybridized carbons (Fsp3) is 0.667. The van der Waals surface area contributed by atoms with Gasteiger partial charge in [0.2, 0.25) is 0 Å². The second-order valence-electron chi connectivity index (χ2n) is 3.47. The third-order valence-electron chi connectivity index (χ3n) is 2.57. The highest BCUT2D eigenvalue weighted by Gasteiger charge is 2.45. The first-order chi connectivity index (χ1) is 5.25. The molecular formula is C9H14BN. The molecule has 2 heteroatoms. The maximum atomic E-state index is 8.57. The summed E-state index contributed by atoms with van der Waals surface area (Å²) in [6.45, 7) is 6.21. The summed E-state index contributed by atoms with van der Waals surface area (Å²) in [5, 5.41) is 8.82. The van der Waals surface area contributed by atoms with Crippen LogP contribution in [0.15, 0.2) is 12.2 Å². The van der Waals surface area contributed by atoms with Gasteiger partial charge in [-0.2, -0.15) is 0 Å². The molecule has 1 fully saturated rings. The molecule has 1 rings (SSSR count). The van der Waals surface area contributed by atoms with E-state index in [1.54, 1.807) is 0 Å². The summed E-state index contributed by atoms with van der Waals surface area (Å²) in [6, 6.07) is 0. The zero-order valence-corrected chi connectivity index (χ0v) is 7.19. The van der Waals surface area contributed by atoms with Gasteiger partial charge in [0.1, 0.15) is 0 Å². The summed E-state index contributed by atoms with van der Waals surface area (Å²) in [6.07, 6.45) is 4.65. The Morgan fingerprint density at radius 1 is 1.73 bits per heavy atom. The lowest BCUT2D eigenvalue weighted by Gasteiger charge is -2.12. The minimum Gasteiger partial charge on any atom is -0.213 e. The van der Waals surface area contributed by atoms with Crippen LogP contribution in [0.4, 0.5) is 0 Å². The summed E-state index contributed by atoms with van der Waals surface area (Å²) in [7, 11) is 0.686. The van der Waals surface area contributed by atoms with Crippen LogP contribution in [-0.4, -0.2) is 7.28 Å². The van der Waals surface area contributed by atoms with Crippen LogP contribution in [0.2, 0.25) is 5.31 Å². The van der Waals surface area contributed by atoms with Crippen LogP contribution in [0.3, 0.4) is 0 Å². The van der Waals surface area contributed by atoms with Crippen LogP contribution in [0, 0.1) is 11.2 Å². The molecule has 1 nitrogen and oxygen atoms in total. The number of nitriles is 1. The molecule has 0 bridgehead atoms. The highest BCUT2D eigenvalue weighted by atomic mass is 14.4. The van der Waals surface area contributed by atoms with E-state index in [1.165, 1.54) is 18.4 Å². The van der Waals surface area contributed by atoms with Crippen molar-refractivity contribution in [3.63, 3.8) is 0 Å². The maximum Gasteiger partial charge on any atom is 0.260 e. The van der Waals surface area contributed by atoms with Crippen LogP contribution >= 0.6 is 0 Å². The van der Waals surface area contributed by atoms with Crippen molar-refractivity contribution in [3.05, 3.63) is 12.2 Å². The van der Waals surface area contributed by atoms with Gasteiger partial charge in [-0.25, -0.2) is 5.26 Å². The van der Waals surface area contributed by atoms with Gasteiger partial charge in [-0.1, -0.05) is 25.5 Å². The topological polar surface area (TPSA) is 23.8 Å². The van der Waals surface area contributed by atoms with Crippen molar-refractivity contribution in [2.24, 2.45) is 0 Å². The molecule has 58 valence electrons. The lowest BCUT2D eigenvalue weighted by Crippen LogP contribution is -2.04. The van der Waals surface area contributed by atoms with Gasteiger partial charge in [-0.05, 0) is 30.5 Å². The van der Waals surface area contributed by atoms with E-state index in [2.05, 4.69) is 19.5 Å². The number of hydrogen-bond donors (Lipinski definition) is 0. The number of allylic oxidation sites excluding steroid dienone is 1. The van der Waals surface area contributed by atoms with E-state index < -0.39 is 0 Å². The molecule has 0 N–H and O–H groups in total. The molecule has 0 saturated heterocycles. The fourth-order valence-electron chi connectivity index (χ4n) is 1.52. The summed E-state index contributed by atoms with van der Waals surface area (Å²) in [5.41, 5.74) is 1.31. The second kappa shape index (κ2) is 3.13. The van der Waals surface area contributed by atoms with Crippen molar-refractivity contribution in [2.45, 2.75) is 37.9 Å². The zero-order chi connectivity index (χ0) is 8.32. The molecule has 1 aliphatic carbocycles. The molecule has 0 atom stereocenters. The van der Waals surface area contributed by atoms with Crippen LogP contribution in [0.25, 0.3) is 0 Å². The Hall–Kier alpha value is -0.705. The van der Waals surface area contributed by atoms with E-state index in [0.29, 0.717) is 7.28 Å². The van der Waals surface area contributed by atoms with Gasteiger partial charge < -0.3 is 0 Å². The Labute approximate surface area is 69.3 Å². The summed E-state index contributed by atoms with van der Waals surface area (Å²) >= 11 is 0. The SMILES string of the molecule is C=C(CCC)C1(BC#N)CC1. The molecule has 11 heavy (non-hydrogen) atoms. The lowest BCUT2D eigenvalue weighted by atomic mass is 9.59. The van der Waals surface area contributed by atoms with Gasteiger partial charge in [-0.3, -0.25) is 0 Å². The predicted molar refractivity (Wildman–Crippen MR) is 48.7 cm³/mol. The molecule has 0 aromatic heterocycles. The summed E-state index contributed by atoms with van der Waals surface area (Å²) in [4.78, 5) is 0. The monoisotopic (exact) mass is 147 g/mol. The zero-order valence-electron chi connectivity index (χ0n) is 7.19. The van der Waals surface area contributed by atoms with Gasteiger partial charge in [0.15, 0.2) is 0 Å². The average molecular weight is 147 g/mol. The Morgan fingerprint density at radius 3 is 2.73 bits per heavy atom. The van der Waals surface area contributed by atoms with Crippen LogP contribution < -0.4 is 0 Å². The van der Waals surface area contributed by atoms with Crippen LogP contribution in [0.1, 0.15) is 32.6 Å². The highest BCUT2D eigenvalue weighted by molar-refractivity contribution is 6.51. The van der Waals surface area contributed by atoms with Crippen LogP contribution in [-0.2, 0) is 0 Å². The second-order valence-corrected chi connectivity index (χ2v) is 3.47. The van der Waals surface area contributed by atoms with Gasteiger partial charge >= 0.3 is 0 Å². The summed E-state index contributed by atoms with van der Waals surface area (Å²) < 4.78 is 0. The molecule has 0 aliphatic heterocycles. The third-order valence-corrected chi connectivity index (χ3v) is 2.57. The Kier molecular flexibility index (Phi) is 2.39. The van der Waals surface area contributed by atoms with Crippen molar-refractivity contribution >= 4 is 7.28 Å². The maximum absolute atomic E-state index is 8.57. The van der Waals surface area contributed by atoms with Crippen molar-refractivity contribution in [1.82, 2.24) is 0 Å². The lowest BCUT2D eigenvalue weighted by molar-refractivity contribution is 0.836. The number of nitrogens with zero attached hydrogens (tertiary/aromatic N) is 1. The van der Waals surface area contributed by atoms with E-state index >= 15 is 0 Å². The minimum absolute atomic E-state index is 0.255. The smallest absolute Gasteiger partial charge is 0.213 e. The third kappa shape index (κ3) is 1.65. The first-order valence-electron chi connectivity index (χ1n) is 4.30. The number of rotatable bonds is 4. The standard InChI is InChI=1S/C9H14BN/c1-3-4-8(2)9(5-6-9)10-7-11/h10H,2-6H2,1H3. The Bertz CT molecular complexity index is 198. The normalized spacial score (nSPS) is 18.5. The average Bonchev–Trinajstić information content (AvgIpc) is 2.71. The van der Waals surface area contributed by atoms with Crippen molar-refractivity contribution < 1.29 is 0 Å². The van der Waals surface area contributed by atoms with Crippen molar-refractivity contribution in [2.75, 3.05) is 0 Å². The van der Waals surface area contributed by atoms with E-state index in [9.17, 15) is 0 Å². The Morgan fingerprint density at radius 2 is 2.36 bits per heavy atom. The van der Waals surface area contributed by atoms with Gasteiger partial charge in [-0.15, -0.1) is 0 Å². The quantitative estimate of drug-likeness (QED) is 0.441.